The summed E-state index contributed by atoms with van der Waals surface area (Å²) >= 11 is 6.87. The van der Waals surface area contributed by atoms with Crippen molar-refractivity contribution in [2.24, 2.45) is 0 Å². The molecule has 0 heterocycles. The first-order valence-electron chi connectivity index (χ1n) is 5.54. The zero-order valence-corrected chi connectivity index (χ0v) is 14.4. The Balaban J connectivity index is 3.24. The second kappa shape index (κ2) is 8.00. The first-order chi connectivity index (χ1) is 8.64. The molecule has 0 saturated carbocycles. The molecule has 0 aliphatic carbocycles. The minimum atomic E-state index is -0.821. The van der Waals surface area contributed by atoms with Gasteiger partial charge in [0.1, 0.15) is 5.60 Å². The van der Waals surface area contributed by atoms with Crippen LogP contribution in [0.4, 0.5) is 0 Å². The summed E-state index contributed by atoms with van der Waals surface area (Å²) in [6.45, 7) is 0. The van der Waals surface area contributed by atoms with Gasteiger partial charge in [0.2, 0.25) is 0 Å². The fraction of sp³-hybridized carbons (Fsp3) is 0.538. The van der Waals surface area contributed by atoms with Gasteiger partial charge in [-0.25, -0.2) is 0 Å². The second-order valence-electron chi connectivity index (χ2n) is 3.80. The molecule has 0 aromatic heterocycles. The average molecular weight is 321 g/mol. The standard InChI is InChI=1S/C13H20OS4/c1-15-11(16-2)13(14,12(17-3)18-4)10-8-6-5-7-9-10/h5-9,11-12,14H,1-4H3. The highest BCUT2D eigenvalue weighted by molar-refractivity contribution is 8.18. The molecule has 5 heteroatoms. The minimum absolute atomic E-state index is 0.129. The van der Waals surface area contributed by atoms with Crippen LogP contribution >= 0.6 is 47.0 Å². The highest BCUT2D eigenvalue weighted by atomic mass is 32.2. The zero-order chi connectivity index (χ0) is 13.6. The molecular weight excluding hydrogens is 300 g/mol. The van der Waals surface area contributed by atoms with Crippen molar-refractivity contribution in [1.29, 1.82) is 0 Å². The van der Waals surface area contributed by atoms with E-state index in [-0.39, 0.29) is 9.16 Å². The molecule has 0 atom stereocenters. The third kappa shape index (κ3) is 3.37. The molecule has 0 spiro atoms. The van der Waals surface area contributed by atoms with Gasteiger partial charge < -0.3 is 5.11 Å². The van der Waals surface area contributed by atoms with Crippen LogP contribution < -0.4 is 0 Å². The lowest BCUT2D eigenvalue weighted by Crippen LogP contribution is -2.43. The Morgan fingerprint density at radius 2 is 1.22 bits per heavy atom. The number of rotatable bonds is 7. The predicted octanol–water partition coefficient (Wildman–Crippen LogP) is 3.98. The first-order valence-corrected chi connectivity index (χ1v) is 10.7. The highest BCUT2D eigenvalue weighted by Crippen LogP contribution is 2.47. The Labute approximate surface area is 127 Å². The molecule has 1 rings (SSSR count). The Morgan fingerprint density at radius 1 is 0.833 bits per heavy atom. The van der Waals surface area contributed by atoms with Crippen molar-refractivity contribution in [2.75, 3.05) is 25.0 Å². The molecule has 0 aliphatic rings. The van der Waals surface area contributed by atoms with Gasteiger partial charge >= 0.3 is 0 Å². The van der Waals surface area contributed by atoms with Crippen LogP contribution in [0.15, 0.2) is 30.3 Å². The summed E-state index contributed by atoms with van der Waals surface area (Å²) in [5.74, 6) is 0. The Morgan fingerprint density at radius 3 is 1.56 bits per heavy atom. The van der Waals surface area contributed by atoms with Crippen molar-refractivity contribution >= 4 is 47.0 Å². The van der Waals surface area contributed by atoms with E-state index in [4.69, 9.17) is 0 Å². The lowest BCUT2D eigenvalue weighted by atomic mass is 9.97. The zero-order valence-electron chi connectivity index (χ0n) is 11.1. The van der Waals surface area contributed by atoms with Crippen molar-refractivity contribution in [3.8, 4) is 0 Å². The summed E-state index contributed by atoms with van der Waals surface area (Å²) in [7, 11) is 0. The van der Waals surface area contributed by atoms with Gasteiger partial charge in [-0.1, -0.05) is 30.3 Å². The molecule has 102 valence electrons. The monoisotopic (exact) mass is 320 g/mol. The van der Waals surface area contributed by atoms with E-state index in [0.29, 0.717) is 0 Å². The molecular formula is C13H20OS4. The quantitative estimate of drug-likeness (QED) is 0.765. The van der Waals surface area contributed by atoms with Gasteiger partial charge in [-0.15, -0.1) is 47.0 Å². The molecule has 0 fully saturated rings. The number of aliphatic hydroxyl groups is 1. The number of hydrogen-bond acceptors (Lipinski definition) is 5. The van der Waals surface area contributed by atoms with Gasteiger partial charge in [-0.3, -0.25) is 0 Å². The Kier molecular flexibility index (Phi) is 7.39. The lowest BCUT2D eigenvalue weighted by Gasteiger charge is -2.39. The van der Waals surface area contributed by atoms with Crippen molar-refractivity contribution in [1.82, 2.24) is 0 Å². The third-order valence-electron chi connectivity index (χ3n) is 2.81. The molecule has 0 bridgehead atoms. The Bertz CT molecular complexity index is 324. The molecule has 0 unspecified atom stereocenters. The normalized spacial score (nSPS) is 12.4. The van der Waals surface area contributed by atoms with Crippen molar-refractivity contribution < 1.29 is 5.11 Å². The van der Waals surface area contributed by atoms with Crippen LogP contribution in [-0.2, 0) is 5.60 Å². The van der Waals surface area contributed by atoms with Crippen molar-refractivity contribution in [2.45, 2.75) is 14.8 Å². The van der Waals surface area contributed by atoms with Gasteiger partial charge in [0, 0.05) is 0 Å². The molecule has 0 amide bonds. The molecule has 18 heavy (non-hydrogen) atoms. The van der Waals surface area contributed by atoms with Crippen LogP contribution in [0.25, 0.3) is 0 Å². The van der Waals surface area contributed by atoms with E-state index in [2.05, 4.69) is 25.0 Å². The average Bonchev–Trinajstić information content (AvgIpc) is 2.42. The second-order valence-corrected chi connectivity index (χ2v) is 8.17. The molecule has 1 aromatic rings. The van der Waals surface area contributed by atoms with E-state index in [1.807, 2.05) is 30.3 Å². The maximum atomic E-state index is 11.3. The summed E-state index contributed by atoms with van der Waals surface area (Å²) in [5, 5.41) is 11.3. The summed E-state index contributed by atoms with van der Waals surface area (Å²) in [5.41, 5.74) is 0.186. The van der Waals surface area contributed by atoms with Crippen LogP contribution in [-0.4, -0.2) is 39.3 Å². The van der Waals surface area contributed by atoms with Gasteiger partial charge in [0.05, 0.1) is 9.16 Å². The summed E-state index contributed by atoms with van der Waals surface area (Å²) in [4.78, 5) is 0. The molecule has 1 aromatic carbocycles. The molecule has 1 N–H and O–H groups in total. The van der Waals surface area contributed by atoms with E-state index in [0.717, 1.165) is 5.56 Å². The Hall–Kier alpha value is 0.580. The summed E-state index contributed by atoms with van der Waals surface area (Å²) in [6.07, 6.45) is 8.25. The number of hydrogen-bond donors (Lipinski definition) is 1. The summed E-state index contributed by atoms with van der Waals surface area (Å²) < 4.78 is 0.259. The van der Waals surface area contributed by atoms with Crippen LogP contribution in [0.2, 0.25) is 0 Å². The number of benzene rings is 1. The van der Waals surface area contributed by atoms with Gasteiger partial charge in [0.15, 0.2) is 0 Å². The fourth-order valence-corrected chi connectivity index (χ4v) is 6.41. The molecule has 1 nitrogen and oxygen atoms in total. The van der Waals surface area contributed by atoms with Crippen molar-refractivity contribution in [3.05, 3.63) is 35.9 Å². The van der Waals surface area contributed by atoms with Gasteiger partial charge in [-0.05, 0) is 30.6 Å². The van der Waals surface area contributed by atoms with Crippen molar-refractivity contribution in [3.63, 3.8) is 0 Å². The molecule has 0 radical (unpaired) electrons. The van der Waals surface area contributed by atoms with E-state index in [1.54, 1.807) is 47.0 Å². The van der Waals surface area contributed by atoms with E-state index >= 15 is 0 Å². The lowest BCUT2D eigenvalue weighted by molar-refractivity contribution is 0.0730. The molecule has 0 aliphatic heterocycles. The van der Waals surface area contributed by atoms with Crippen LogP contribution in [0.1, 0.15) is 5.56 Å². The van der Waals surface area contributed by atoms with Gasteiger partial charge in [0.25, 0.3) is 0 Å². The fourth-order valence-electron chi connectivity index (χ4n) is 2.00. The van der Waals surface area contributed by atoms with E-state index in [9.17, 15) is 5.11 Å². The maximum absolute atomic E-state index is 11.3. The van der Waals surface area contributed by atoms with Crippen LogP contribution in [0.5, 0.6) is 0 Å². The number of thioether (sulfide) groups is 4. The van der Waals surface area contributed by atoms with E-state index < -0.39 is 5.60 Å². The van der Waals surface area contributed by atoms with Crippen LogP contribution in [0.3, 0.4) is 0 Å². The predicted molar refractivity (Wildman–Crippen MR) is 92.0 cm³/mol. The molecule has 0 saturated heterocycles. The van der Waals surface area contributed by atoms with Crippen LogP contribution in [0, 0.1) is 0 Å². The summed E-state index contributed by atoms with van der Waals surface area (Å²) in [6, 6.07) is 10.0. The smallest absolute Gasteiger partial charge is 0.131 e. The third-order valence-corrected chi connectivity index (χ3v) is 8.27. The maximum Gasteiger partial charge on any atom is 0.131 e. The topological polar surface area (TPSA) is 20.2 Å². The first kappa shape index (κ1) is 16.6. The highest BCUT2D eigenvalue weighted by Gasteiger charge is 2.44. The minimum Gasteiger partial charge on any atom is -0.381 e. The SMILES string of the molecule is CSC(SC)C(O)(c1ccccc1)C(SC)SC. The van der Waals surface area contributed by atoms with Gasteiger partial charge in [-0.2, -0.15) is 0 Å². The van der Waals surface area contributed by atoms with E-state index in [1.165, 1.54) is 0 Å². The largest absolute Gasteiger partial charge is 0.381 e.